The molecule has 2 saturated heterocycles. The van der Waals surface area contributed by atoms with E-state index in [9.17, 15) is 14.9 Å². The van der Waals surface area contributed by atoms with Crippen LogP contribution in [0.3, 0.4) is 0 Å². The van der Waals surface area contributed by atoms with Crippen LogP contribution >= 0.6 is 24.0 Å². The minimum atomic E-state index is -0.308. The van der Waals surface area contributed by atoms with Crippen LogP contribution in [0.15, 0.2) is 9.70 Å². The van der Waals surface area contributed by atoms with E-state index < -0.39 is 0 Å². The van der Waals surface area contributed by atoms with Gasteiger partial charge in [0.2, 0.25) is 0 Å². The molecule has 3 heterocycles. The summed E-state index contributed by atoms with van der Waals surface area (Å²) in [6.45, 7) is 12.3. The van der Waals surface area contributed by atoms with Crippen molar-refractivity contribution in [2.45, 2.75) is 40.2 Å². The predicted octanol–water partition coefficient (Wildman–Crippen LogP) is 2.71. The second-order valence-corrected chi connectivity index (χ2v) is 9.62. The van der Waals surface area contributed by atoms with E-state index in [4.69, 9.17) is 12.2 Å². The number of amides is 1. The lowest BCUT2D eigenvalue weighted by atomic mass is 10.0. The number of thiocarbonyl (C=S) groups is 1. The summed E-state index contributed by atoms with van der Waals surface area (Å²) >= 11 is 6.75. The van der Waals surface area contributed by atoms with Crippen molar-refractivity contribution in [3.8, 4) is 6.07 Å². The van der Waals surface area contributed by atoms with Crippen LogP contribution in [-0.4, -0.2) is 63.4 Å². The van der Waals surface area contributed by atoms with Gasteiger partial charge in [-0.25, -0.2) is 0 Å². The van der Waals surface area contributed by atoms with Crippen molar-refractivity contribution in [1.29, 1.82) is 5.26 Å². The van der Waals surface area contributed by atoms with Crippen LogP contribution in [-0.2, 0) is 11.8 Å². The number of likely N-dealkylation sites (N-methyl/N-ethyl adjacent to an activating group) is 1. The van der Waals surface area contributed by atoms with Gasteiger partial charge in [0, 0.05) is 44.8 Å². The molecule has 0 spiro atoms. The number of carbonyl (C=O) groups excluding carboxylic acids is 1. The molecule has 7 nitrogen and oxygen atoms in total. The van der Waals surface area contributed by atoms with Crippen molar-refractivity contribution < 1.29 is 4.79 Å². The van der Waals surface area contributed by atoms with Gasteiger partial charge < -0.3 is 9.80 Å². The monoisotopic (exact) mass is 459 g/mol. The molecule has 3 rings (SSSR count). The molecule has 166 valence electrons. The van der Waals surface area contributed by atoms with Crippen LogP contribution in [0.2, 0.25) is 0 Å². The van der Waals surface area contributed by atoms with Crippen molar-refractivity contribution >= 4 is 46.1 Å². The molecule has 1 amide bonds. The van der Waals surface area contributed by atoms with Gasteiger partial charge in [0.25, 0.3) is 11.5 Å². The first kappa shape index (κ1) is 23.5. The molecule has 0 saturated carbocycles. The zero-order valence-corrected chi connectivity index (χ0v) is 20.4. The lowest BCUT2D eigenvalue weighted by Gasteiger charge is -2.37. The molecular formula is C22H29N5O2S2. The van der Waals surface area contributed by atoms with Crippen LogP contribution < -0.4 is 10.5 Å². The van der Waals surface area contributed by atoms with Gasteiger partial charge in [0.05, 0.1) is 4.91 Å². The molecule has 0 radical (unpaired) electrons. The Kier molecular flexibility index (Phi) is 7.24. The largest absolute Gasteiger partial charge is 0.355 e. The summed E-state index contributed by atoms with van der Waals surface area (Å²) in [5.41, 5.74) is 1.15. The fraction of sp³-hybridized carbons (Fsp3) is 0.545. The van der Waals surface area contributed by atoms with Crippen LogP contribution in [0.4, 0.5) is 5.82 Å². The third kappa shape index (κ3) is 4.29. The lowest BCUT2D eigenvalue weighted by molar-refractivity contribution is -0.123. The van der Waals surface area contributed by atoms with Gasteiger partial charge in [-0.1, -0.05) is 37.8 Å². The van der Waals surface area contributed by atoms with Gasteiger partial charge in [-0.3, -0.25) is 19.1 Å². The van der Waals surface area contributed by atoms with Crippen molar-refractivity contribution in [2.75, 3.05) is 37.6 Å². The highest BCUT2D eigenvalue weighted by Gasteiger charge is 2.35. The molecular weight excluding hydrogens is 430 g/mol. The summed E-state index contributed by atoms with van der Waals surface area (Å²) in [6.07, 6.45) is 2.63. The Morgan fingerprint density at radius 2 is 1.87 bits per heavy atom. The lowest BCUT2D eigenvalue weighted by Crippen LogP contribution is -2.48. The minimum absolute atomic E-state index is 0.0240. The van der Waals surface area contributed by atoms with Crippen molar-refractivity contribution in [3.63, 3.8) is 0 Å². The Morgan fingerprint density at radius 1 is 1.23 bits per heavy atom. The van der Waals surface area contributed by atoms with Gasteiger partial charge in [0.15, 0.2) is 0 Å². The molecule has 0 aliphatic carbocycles. The van der Waals surface area contributed by atoms with E-state index in [0.717, 1.165) is 50.5 Å². The van der Waals surface area contributed by atoms with Crippen LogP contribution in [0.25, 0.3) is 6.08 Å². The number of anilines is 1. The minimum Gasteiger partial charge on any atom is -0.355 e. The molecule has 2 aliphatic rings. The highest BCUT2D eigenvalue weighted by molar-refractivity contribution is 8.26. The van der Waals surface area contributed by atoms with Gasteiger partial charge in [-0.05, 0) is 38.5 Å². The van der Waals surface area contributed by atoms with Gasteiger partial charge in [0.1, 0.15) is 21.8 Å². The smallest absolute Gasteiger partial charge is 0.270 e. The maximum absolute atomic E-state index is 13.1. The molecule has 1 unspecified atom stereocenters. The number of nitriles is 1. The number of hydrogen-bond donors (Lipinski definition) is 0. The maximum atomic E-state index is 13.1. The number of rotatable bonds is 5. The average molecular weight is 460 g/mol. The second kappa shape index (κ2) is 9.55. The van der Waals surface area contributed by atoms with Crippen molar-refractivity contribution in [1.82, 2.24) is 14.4 Å². The summed E-state index contributed by atoms with van der Waals surface area (Å²) in [4.78, 5) is 32.7. The topological polar surface area (TPSA) is 72.6 Å². The highest BCUT2D eigenvalue weighted by Crippen LogP contribution is 2.37. The number of carbonyl (C=O) groups is 1. The molecule has 1 aromatic rings. The summed E-state index contributed by atoms with van der Waals surface area (Å²) < 4.78 is 2.10. The number of pyridine rings is 1. The zero-order chi connectivity index (χ0) is 22.9. The quantitative estimate of drug-likeness (QED) is 0.495. The second-order valence-electron chi connectivity index (χ2n) is 7.94. The first-order valence-electron chi connectivity index (χ1n) is 10.6. The zero-order valence-electron chi connectivity index (χ0n) is 18.8. The molecule has 31 heavy (non-hydrogen) atoms. The van der Waals surface area contributed by atoms with E-state index in [-0.39, 0.29) is 23.1 Å². The summed E-state index contributed by atoms with van der Waals surface area (Å²) in [7, 11) is 1.70. The highest BCUT2D eigenvalue weighted by atomic mass is 32.2. The van der Waals surface area contributed by atoms with E-state index in [2.05, 4.69) is 22.8 Å². The normalized spacial score (nSPS) is 19.9. The first-order chi connectivity index (χ1) is 14.7. The van der Waals surface area contributed by atoms with Crippen LogP contribution in [0, 0.1) is 18.3 Å². The fourth-order valence-electron chi connectivity index (χ4n) is 4.04. The number of nitrogens with zero attached hydrogens (tertiary/aromatic N) is 5. The number of piperazine rings is 1. The number of hydrogen-bond acceptors (Lipinski definition) is 7. The molecule has 0 aromatic carbocycles. The molecule has 2 fully saturated rings. The Bertz CT molecular complexity index is 1030. The number of thioether (sulfide) groups is 1. The predicted molar refractivity (Wildman–Crippen MR) is 130 cm³/mol. The van der Waals surface area contributed by atoms with E-state index >= 15 is 0 Å². The fourth-order valence-corrected chi connectivity index (χ4v) is 5.49. The Balaban J connectivity index is 2.14. The SMILES string of the molecule is CCC(C)N1C(=O)/C(=C/c2c(C)c(C#N)c(=O)n(C)c2N2CCN(CC)CC2)SC1=S. The van der Waals surface area contributed by atoms with E-state index in [0.29, 0.717) is 14.8 Å². The average Bonchev–Trinajstić information content (AvgIpc) is 3.05. The Hall–Kier alpha value is -2.15. The van der Waals surface area contributed by atoms with Gasteiger partial charge in [-0.15, -0.1) is 0 Å². The molecule has 1 atom stereocenters. The summed E-state index contributed by atoms with van der Waals surface area (Å²) in [6, 6.07) is 2.08. The molecule has 2 aliphatic heterocycles. The third-order valence-electron chi connectivity index (χ3n) is 6.22. The standard InChI is InChI=1S/C22H29N5O2S2/c1-6-14(3)27-21(29)18(31-22(27)30)12-16-15(4)17(13-23)20(28)24(5)19(16)26-10-8-25(7-2)9-11-26/h12,14H,6-11H2,1-5H3/b18-12-. The molecule has 1 aromatic heterocycles. The van der Waals surface area contributed by atoms with Gasteiger partial charge >= 0.3 is 0 Å². The van der Waals surface area contributed by atoms with Gasteiger partial charge in [-0.2, -0.15) is 5.26 Å². The van der Waals surface area contributed by atoms with Crippen LogP contribution in [0.1, 0.15) is 43.9 Å². The van der Waals surface area contributed by atoms with Crippen molar-refractivity contribution in [3.05, 3.63) is 31.9 Å². The Labute approximate surface area is 193 Å². The third-order valence-corrected chi connectivity index (χ3v) is 7.55. The summed E-state index contributed by atoms with van der Waals surface area (Å²) in [5, 5.41) is 9.61. The first-order valence-corrected chi connectivity index (χ1v) is 11.9. The van der Waals surface area contributed by atoms with Crippen LogP contribution in [0.5, 0.6) is 0 Å². The molecule has 9 heteroatoms. The molecule has 0 N–H and O–H groups in total. The molecule has 0 bridgehead atoms. The van der Waals surface area contributed by atoms with E-state index in [1.807, 2.05) is 19.9 Å². The Morgan fingerprint density at radius 3 is 2.42 bits per heavy atom. The van der Waals surface area contributed by atoms with E-state index in [1.165, 1.54) is 11.8 Å². The van der Waals surface area contributed by atoms with E-state index in [1.54, 1.807) is 23.4 Å². The summed E-state index contributed by atoms with van der Waals surface area (Å²) in [5.74, 6) is 0.643. The maximum Gasteiger partial charge on any atom is 0.270 e. The number of aromatic nitrogens is 1. The van der Waals surface area contributed by atoms with Crippen molar-refractivity contribution in [2.24, 2.45) is 7.05 Å².